The highest BCUT2D eigenvalue weighted by Gasteiger charge is 2.36. The fourth-order valence-corrected chi connectivity index (χ4v) is 2.37. The topological polar surface area (TPSA) is 54.3 Å². The van der Waals surface area contributed by atoms with E-state index in [-0.39, 0.29) is 5.41 Å². The molecule has 0 unspecified atom stereocenters. The number of nitrogens with zero attached hydrogens (tertiary/aromatic N) is 1. The number of aryl methyl sites for hydroxylation is 1. The first-order valence-electron chi connectivity index (χ1n) is 6.52. The van der Waals surface area contributed by atoms with E-state index in [4.69, 9.17) is 9.47 Å². The predicted molar refractivity (Wildman–Crippen MR) is 74.7 cm³/mol. The molecule has 19 heavy (non-hydrogen) atoms. The van der Waals surface area contributed by atoms with Gasteiger partial charge >= 0.3 is 0 Å². The lowest BCUT2D eigenvalue weighted by atomic mass is 9.70. The zero-order valence-corrected chi connectivity index (χ0v) is 11.7. The van der Waals surface area contributed by atoms with Gasteiger partial charge in [0.05, 0.1) is 25.7 Å². The number of hydrogen-bond donors (Lipinski definition) is 1. The zero-order valence-electron chi connectivity index (χ0n) is 11.7. The van der Waals surface area contributed by atoms with Gasteiger partial charge in [0.15, 0.2) is 11.5 Å². The SMILES string of the molecule is COc1cc(C)c(NCC2(C#N)CCC2)cc1OC. The summed E-state index contributed by atoms with van der Waals surface area (Å²) in [5.41, 5.74) is 1.91. The average Bonchev–Trinajstić information content (AvgIpc) is 2.39. The minimum Gasteiger partial charge on any atom is -0.493 e. The van der Waals surface area contributed by atoms with Crippen LogP contribution in [0.2, 0.25) is 0 Å². The maximum atomic E-state index is 9.23. The minimum absolute atomic E-state index is 0.181. The molecule has 0 aliphatic heterocycles. The maximum absolute atomic E-state index is 9.23. The third kappa shape index (κ3) is 2.60. The van der Waals surface area contributed by atoms with E-state index in [9.17, 15) is 5.26 Å². The van der Waals surface area contributed by atoms with Crippen LogP contribution in [0.3, 0.4) is 0 Å². The summed E-state index contributed by atoms with van der Waals surface area (Å²) in [6, 6.07) is 6.31. The van der Waals surface area contributed by atoms with Crippen LogP contribution in [0.5, 0.6) is 11.5 Å². The number of nitriles is 1. The van der Waals surface area contributed by atoms with E-state index in [0.29, 0.717) is 12.3 Å². The zero-order chi connectivity index (χ0) is 13.9. The monoisotopic (exact) mass is 260 g/mol. The van der Waals surface area contributed by atoms with Crippen molar-refractivity contribution in [1.82, 2.24) is 0 Å². The summed E-state index contributed by atoms with van der Waals surface area (Å²) in [4.78, 5) is 0. The van der Waals surface area contributed by atoms with Crippen LogP contribution >= 0.6 is 0 Å². The predicted octanol–water partition coefficient (Wildman–Crippen LogP) is 3.12. The Bertz CT molecular complexity index is 502. The highest BCUT2D eigenvalue weighted by atomic mass is 16.5. The third-order valence-electron chi connectivity index (χ3n) is 3.90. The molecule has 4 nitrogen and oxygen atoms in total. The van der Waals surface area contributed by atoms with Gasteiger partial charge in [-0.2, -0.15) is 5.26 Å². The van der Waals surface area contributed by atoms with E-state index in [1.54, 1.807) is 14.2 Å². The number of ether oxygens (including phenoxy) is 2. The minimum atomic E-state index is -0.181. The van der Waals surface area contributed by atoms with E-state index in [0.717, 1.165) is 36.3 Å². The summed E-state index contributed by atoms with van der Waals surface area (Å²) in [5, 5.41) is 12.6. The van der Waals surface area contributed by atoms with Crippen molar-refractivity contribution in [2.45, 2.75) is 26.2 Å². The molecule has 1 saturated carbocycles. The molecule has 1 aromatic rings. The molecule has 4 heteroatoms. The van der Waals surface area contributed by atoms with Crippen LogP contribution in [0, 0.1) is 23.7 Å². The summed E-state index contributed by atoms with van der Waals surface area (Å²) < 4.78 is 10.6. The smallest absolute Gasteiger partial charge is 0.162 e. The highest BCUT2D eigenvalue weighted by molar-refractivity contribution is 5.60. The van der Waals surface area contributed by atoms with E-state index in [1.165, 1.54) is 0 Å². The first kappa shape index (κ1) is 13.5. The van der Waals surface area contributed by atoms with Crippen LogP contribution in [0.4, 0.5) is 5.69 Å². The lowest BCUT2D eigenvalue weighted by Crippen LogP contribution is -2.35. The van der Waals surface area contributed by atoms with Crippen molar-refractivity contribution in [2.75, 3.05) is 26.1 Å². The molecule has 1 N–H and O–H groups in total. The maximum Gasteiger partial charge on any atom is 0.162 e. The molecule has 1 aromatic carbocycles. The molecule has 0 radical (unpaired) electrons. The quantitative estimate of drug-likeness (QED) is 0.883. The summed E-state index contributed by atoms with van der Waals surface area (Å²) in [6.45, 7) is 2.71. The van der Waals surface area contributed by atoms with Crippen molar-refractivity contribution in [1.29, 1.82) is 5.26 Å². The van der Waals surface area contributed by atoms with Crippen LogP contribution in [0.1, 0.15) is 24.8 Å². The van der Waals surface area contributed by atoms with Gasteiger partial charge < -0.3 is 14.8 Å². The normalized spacial score (nSPS) is 16.1. The van der Waals surface area contributed by atoms with Gasteiger partial charge in [0.1, 0.15) is 0 Å². The fourth-order valence-electron chi connectivity index (χ4n) is 2.37. The van der Waals surface area contributed by atoms with Gasteiger partial charge in [-0.05, 0) is 31.4 Å². The van der Waals surface area contributed by atoms with Gasteiger partial charge in [0.2, 0.25) is 0 Å². The van der Waals surface area contributed by atoms with Crippen molar-refractivity contribution in [3.63, 3.8) is 0 Å². The number of anilines is 1. The molecule has 0 heterocycles. The number of nitrogens with one attached hydrogen (secondary N) is 1. The Morgan fingerprint density at radius 3 is 2.37 bits per heavy atom. The number of benzene rings is 1. The van der Waals surface area contributed by atoms with Crippen molar-refractivity contribution in [3.8, 4) is 17.6 Å². The lowest BCUT2D eigenvalue weighted by molar-refractivity contribution is 0.233. The summed E-state index contributed by atoms with van der Waals surface area (Å²) >= 11 is 0. The van der Waals surface area contributed by atoms with Crippen LogP contribution in [0.25, 0.3) is 0 Å². The molecule has 1 fully saturated rings. The second-order valence-electron chi connectivity index (χ2n) is 5.12. The highest BCUT2D eigenvalue weighted by Crippen LogP contribution is 2.41. The van der Waals surface area contributed by atoms with E-state index in [1.807, 2.05) is 19.1 Å². The Morgan fingerprint density at radius 2 is 1.89 bits per heavy atom. The van der Waals surface area contributed by atoms with Crippen LogP contribution in [0.15, 0.2) is 12.1 Å². The van der Waals surface area contributed by atoms with Crippen LogP contribution < -0.4 is 14.8 Å². The second kappa shape index (κ2) is 5.40. The first-order chi connectivity index (χ1) is 9.14. The fraction of sp³-hybridized carbons (Fsp3) is 0.533. The number of rotatable bonds is 5. The molecule has 102 valence electrons. The van der Waals surface area contributed by atoms with Crippen LogP contribution in [-0.4, -0.2) is 20.8 Å². The Hall–Kier alpha value is -1.89. The summed E-state index contributed by atoms with van der Waals surface area (Å²) in [6.07, 6.45) is 3.13. The Balaban J connectivity index is 2.14. The molecule has 1 aliphatic carbocycles. The molecule has 0 saturated heterocycles. The van der Waals surface area contributed by atoms with Crippen molar-refractivity contribution < 1.29 is 9.47 Å². The van der Waals surface area contributed by atoms with E-state index < -0.39 is 0 Å². The van der Waals surface area contributed by atoms with E-state index in [2.05, 4.69) is 11.4 Å². The van der Waals surface area contributed by atoms with E-state index >= 15 is 0 Å². The lowest BCUT2D eigenvalue weighted by Gasteiger charge is -2.35. The molecule has 1 aliphatic rings. The Labute approximate surface area is 114 Å². The molecular formula is C15H20N2O2. The molecule has 2 rings (SSSR count). The molecule has 0 atom stereocenters. The molecule has 0 amide bonds. The van der Waals surface area contributed by atoms with Gasteiger partial charge in [-0.3, -0.25) is 0 Å². The van der Waals surface area contributed by atoms with Crippen molar-refractivity contribution >= 4 is 5.69 Å². The van der Waals surface area contributed by atoms with Crippen molar-refractivity contribution in [3.05, 3.63) is 17.7 Å². The average molecular weight is 260 g/mol. The standard InChI is InChI=1S/C15H20N2O2/c1-11-7-13(18-2)14(19-3)8-12(11)17-10-15(9-16)5-4-6-15/h7-8,17H,4-6,10H2,1-3H3. The molecule has 0 aromatic heterocycles. The Kier molecular flexibility index (Phi) is 3.84. The van der Waals surface area contributed by atoms with Crippen LogP contribution in [-0.2, 0) is 0 Å². The number of methoxy groups -OCH3 is 2. The number of hydrogen-bond acceptors (Lipinski definition) is 4. The van der Waals surface area contributed by atoms with Gasteiger partial charge in [-0.1, -0.05) is 6.42 Å². The van der Waals surface area contributed by atoms with Gasteiger partial charge in [-0.15, -0.1) is 0 Å². The summed E-state index contributed by atoms with van der Waals surface area (Å²) in [7, 11) is 3.25. The third-order valence-corrected chi connectivity index (χ3v) is 3.90. The van der Waals surface area contributed by atoms with Crippen molar-refractivity contribution in [2.24, 2.45) is 5.41 Å². The molecule has 0 spiro atoms. The Morgan fingerprint density at radius 1 is 1.26 bits per heavy atom. The van der Waals surface area contributed by atoms with Gasteiger partial charge in [0.25, 0.3) is 0 Å². The molecule has 0 bridgehead atoms. The summed E-state index contributed by atoms with van der Waals surface area (Å²) in [5.74, 6) is 1.43. The first-order valence-corrected chi connectivity index (χ1v) is 6.52. The second-order valence-corrected chi connectivity index (χ2v) is 5.12. The molecular weight excluding hydrogens is 240 g/mol. The largest absolute Gasteiger partial charge is 0.493 e. The van der Waals surface area contributed by atoms with Gasteiger partial charge in [0, 0.05) is 18.3 Å². The van der Waals surface area contributed by atoms with Gasteiger partial charge in [-0.25, -0.2) is 0 Å².